The second-order valence-corrected chi connectivity index (χ2v) is 4.84. The quantitative estimate of drug-likeness (QED) is 0.739. The van der Waals surface area contributed by atoms with E-state index in [1.54, 1.807) is 6.20 Å². The summed E-state index contributed by atoms with van der Waals surface area (Å²) >= 11 is 0. The molecular weight excluding hydrogens is 238 g/mol. The lowest BCUT2D eigenvalue weighted by molar-refractivity contribution is 0.227. The first kappa shape index (κ1) is 12.3. The van der Waals surface area contributed by atoms with Gasteiger partial charge in [0.1, 0.15) is 0 Å². The average Bonchev–Trinajstić information content (AvgIpc) is 3.25. The number of rotatable bonds is 6. The highest BCUT2D eigenvalue weighted by Crippen LogP contribution is 2.15. The highest BCUT2D eigenvalue weighted by Gasteiger charge is 2.25. The summed E-state index contributed by atoms with van der Waals surface area (Å²) in [6, 6.07) is 8.21. The Morgan fingerprint density at radius 2 is 1.84 bits per heavy atom. The maximum Gasteiger partial charge on any atom is 0.0936 e. The Kier molecular flexibility index (Phi) is 3.81. The summed E-state index contributed by atoms with van der Waals surface area (Å²) < 4.78 is 5.34. The fourth-order valence-electron chi connectivity index (χ4n) is 2.14. The molecule has 0 aliphatic carbocycles. The van der Waals surface area contributed by atoms with E-state index in [4.69, 9.17) is 4.74 Å². The highest BCUT2D eigenvalue weighted by molar-refractivity contribution is 5.12. The van der Waals surface area contributed by atoms with Gasteiger partial charge in [-0.1, -0.05) is 6.07 Å². The van der Waals surface area contributed by atoms with Crippen molar-refractivity contribution in [2.75, 3.05) is 13.2 Å². The molecule has 2 aromatic heterocycles. The fourth-order valence-corrected chi connectivity index (χ4v) is 2.14. The SMILES string of the molecule is c1cncc(CN(Cc2ccncc2)CC2CO2)c1. The molecule has 1 saturated heterocycles. The minimum absolute atomic E-state index is 0.401. The van der Waals surface area contributed by atoms with E-state index in [2.05, 4.69) is 33.1 Å². The molecular formula is C15H17N3O. The summed E-state index contributed by atoms with van der Waals surface area (Å²) in [7, 11) is 0. The Hall–Kier alpha value is -1.78. The molecule has 0 amide bonds. The molecule has 19 heavy (non-hydrogen) atoms. The van der Waals surface area contributed by atoms with Crippen molar-refractivity contribution in [1.29, 1.82) is 0 Å². The molecule has 0 aromatic carbocycles. The third-order valence-electron chi connectivity index (χ3n) is 3.15. The third kappa shape index (κ3) is 3.84. The van der Waals surface area contributed by atoms with Crippen LogP contribution in [0.1, 0.15) is 11.1 Å². The van der Waals surface area contributed by atoms with Crippen molar-refractivity contribution >= 4 is 0 Å². The van der Waals surface area contributed by atoms with Gasteiger partial charge in [0.05, 0.1) is 12.7 Å². The molecule has 0 spiro atoms. The van der Waals surface area contributed by atoms with Crippen LogP contribution < -0.4 is 0 Å². The standard InChI is InChI=1S/C15H17N3O/c1-2-14(8-17-5-1)10-18(11-15-12-19-15)9-13-3-6-16-7-4-13/h1-8,15H,9-12H2. The van der Waals surface area contributed by atoms with Crippen LogP contribution in [0.5, 0.6) is 0 Å². The van der Waals surface area contributed by atoms with Crippen LogP contribution in [0.25, 0.3) is 0 Å². The van der Waals surface area contributed by atoms with Crippen LogP contribution in [-0.2, 0) is 17.8 Å². The van der Waals surface area contributed by atoms with Gasteiger partial charge >= 0.3 is 0 Å². The average molecular weight is 255 g/mol. The molecule has 3 rings (SSSR count). The van der Waals surface area contributed by atoms with Crippen LogP contribution in [0.4, 0.5) is 0 Å². The first-order valence-corrected chi connectivity index (χ1v) is 6.52. The summed E-state index contributed by atoms with van der Waals surface area (Å²) in [6.45, 7) is 3.67. The number of pyridine rings is 2. The van der Waals surface area contributed by atoms with Gasteiger partial charge in [-0.25, -0.2) is 0 Å². The number of hydrogen-bond acceptors (Lipinski definition) is 4. The van der Waals surface area contributed by atoms with Crippen molar-refractivity contribution in [3.8, 4) is 0 Å². The van der Waals surface area contributed by atoms with Gasteiger partial charge in [-0.15, -0.1) is 0 Å². The molecule has 3 heterocycles. The summed E-state index contributed by atoms with van der Waals surface area (Å²) in [4.78, 5) is 10.6. The highest BCUT2D eigenvalue weighted by atomic mass is 16.6. The maximum absolute atomic E-state index is 5.34. The third-order valence-corrected chi connectivity index (χ3v) is 3.15. The summed E-state index contributed by atoms with van der Waals surface area (Å²) in [6.07, 6.45) is 7.81. The number of hydrogen-bond donors (Lipinski definition) is 0. The van der Waals surface area contributed by atoms with E-state index in [-0.39, 0.29) is 0 Å². The van der Waals surface area contributed by atoms with E-state index in [1.807, 2.05) is 24.7 Å². The zero-order chi connectivity index (χ0) is 12.9. The molecule has 2 aromatic rings. The van der Waals surface area contributed by atoms with Crippen LogP contribution in [-0.4, -0.2) is 34.1 Å². The minimum Gasteiger partial charge on any atom is -0.372 e. The van der Waals surface area contributed by atoms with Gasteiger partial charge in [-0.3, -0.25) is 14.9 Å². The maximum atomic E-state index is 5.34. The Labute approximate surface area is 113 Å². The monoisotopic (exact) mass is 255 g/mol. The topological polar surface area (TPSA) is 41.6 Å². The molecule has 0 saturated carbocycles. The first-order chi connectivity index (χ1) is 9.40. The number of nitrogens with zero attached hydrogens (tertiary/aromatic N) is 3. The first-order valence-electron chi connectivity index (χ1n) is 6.52. The Balaban J connectivity index is 1.66. The van der Waals surface area contributed by atoms with E-state index in [1.165, 1.54) is 11.1 Å². The lowest BCUT2D eigenvalue weighted by atomic mass is 10.2. The molecule has 1 aliphatic heterocycles. The van der Waals surface area contributed by atoms with Gasteiger partial charge in [-0.05, 0) is 29.3 Å². The molecule has 0 N–H and O–H groups in total. The van der Waals surface area contributed by atoms with Crippen LogP contribution >= 0.6 is 0 Å². The van der Waals surface area contributed by atoms with Gasteiger partial charge in [0.25, 0.3) is 0 Å². The predicted molar refractivity (Wildman–Crippen MR) is 72.3 cm³/mol. The van der Waals surface area contributed by atoms with Gasteiger partial charge in [0.2, 0.25) is 0 Å². The van der Waals surface area contributed by atoms with Crippen LogP contribution in [0, 0.1) is 0 Å². The molecule has 4 heteroatoms. The van der Waals surface area contributed by atoms with Crippen molar-refractivity contribution in [3.63, 3.8) is 0 Å². The summed E-state index contributed by atoms with van der Waals surface area (Å²) in [5, 5.41) is 0. The lowest BCUT2D eigenvalue weighted by Crippen LogP contribution is -2.27. The largest absolute Gasteiger partial charge is 0.372 e. The minimum atomic E-state index is 0.401. The molecule has 0 bridgehead atoms. The van der Waals surface area contributed by atoms with Gasteiger partial charge in [-0.2, -0.15) is 0 Å². The molecule has 98 valence electrons. The van der Waals surface area contributed by atoms with E-state index in [0.717, 1.165) is 26.2 Å². The summed E-state index contributed by atoms with van der Waals surface area (Å²) in [5.74, 6) is 0. The van der Waals surface area contributed by atoms with Crippen molar-refractivity contribution < 1.29 is 4.74 Å². The van der Waals surface area contributed by atoms with E-state index in [0.29, 0.717) is 6.10 Å². The van der Waals surface area contributed by atoms with Crippen molar-refractivity contribution in [1.82, 2.24) is 14.9 Å². The molecule has 4 nitrogen and oxygen atoms in total. The Morgan fingerprint density at radius 1 is 1.05 bits per heavy atom. The van der Waals surface area contributed by atoms with Crippen molar-refractivity contribution in [2.45, 2.75) is 19.2 Å². The molecule has 1 fully saturated rings. The van der Waals surface area contributed by atoms with Crippen molar-refractivity contribution in [2.24, 2.45) is 0 Å². The zero-order valence-corrected chi connectivity index (χ0v) is 10.8. The summed E-state index contributed by atoms with van der Waals surface area (Å²) in [5.41, 5.74) is 2.51. The van der Waals surface area contributed by atoms with Crippen LogP contribution in [0.15, 0.2) is 49.1 Å². The lowest BCUT2D eigenvalue weighted by Gasteiger charge is -2.21. The van der Waals surface area contributed by atoms with Crippen LogP contribution in [0.3, 0.4) is 0 Å². The number of ether oxygens (including phenoxy) is 1. The van der Waals surface area contributed by atoms with E-state index in [9.17, 15) is 0 Å². The van der Waals surface area contributed by atoms with Gasteiger partial charge < -0.3 is 4.74 Å². The fraction of sp³-hybridized carbons (Fsp3) is 0.333. The zero-order valence-electron chi connectivity index (χ0n) is 10.8. The second-order valence-electron chi connectivity index (χ2n) is 4.84. The Morgan fingerprint density at radius 3 is 2.53 bits per heavy atom. The van der Waals surface area contributed by atoms with Crippen LogP contribution in [0.2, 0.25) is 0 Å². The predicted octanol–water partition coefficient (Wildman–Crippen LogP) is 1.88. The van der Waals surface area contributed by atoms with E-state index >= 15 is 0 Å². The Bertz CT molecular complexity index is 458. The normalized spacial score (nSPS) is 17.6. The molecule has 1 unspecified atom stereocenters. The molecule has 0 radical (unpaired) electrons. The number of aromatic nitrogens is 2. The number of epoxide rings is 1. The smallest absolute Gasteiger partial charge is 0.0936 e. The van der Waals surface area contributed by atoms with Gasteiger partial charge in [0.15, 0.2) is 0 Å². The van der Waals surface area contributed by atoms with Crippen molar-refractivity contribution in [3.05, 3.63) is 60.2 Å². The van der Waals surface area contributed by atoms with Gasteiger partial charge in [0, 0.05) is 44.4 Å². The second kappa shape index (κ2) is 5.91. The molecule has 1 aliphatic rings. The molecule has 1 atom stereocenters. The van der Waals surface area contributed by atoms with E-state index < -0.39 is 0 Å².